The summed E-state index contributed by atoms with van der Waals surface area (Å²) in [5.74, 6) is 1.03. The number of rotatable bonds is 44. The highest BCUT2D eigenvalue weighted by molar-refractivity contribution is 5.69. The summed E-state index contributed by atoms with van der Waals surface area (Å²) in [4.78, 5) is 19.4. The number of ether oxygens (including phenoxy) is 2. The molecule has 0 fully saturated rings. The third-order valence-electron chi connectivity index (χ3n) is 12.5. The zero-order chi connectivity index (χ0) is 43.1. The van der Waals surface area contributed by atoms with Crippen LogP contribution in [-0.4, -0.2) is 70.8 Å². The number of unbranched alkanes of at least 4 members (excludes halogenated alkanes) is 24. The molecule has 5 N–H and O–H groups in total. The van der Waals surface area contributed by atoms with Crippen molar-refractivity contribution in [2.24, 2.45) is 5.73 Å². The lowest BCUT2D eigenvalue weighted by Gasteiger charge is -2.24. The first-order valence-corrected chi connectivity index (χ1v) is 26.0. The normalized spacial score (nSPS) is 14.6. The zero-order valence-electron chi connectivity index (χ0n) is 39.7. The van der Waals surface area contributed by atoms with E-state index in [9.17, 15) is 9.90 Å². The van der Waals surface area contributed by atoms with E-state index in [0.717, 1.165) is 95.5 Å². The predicted molar refractivity (Wildman–Crippen MR) is 253 cm³/mol. The van der Waals surface area contributed by atoms with Crippen LogP contribution in [-0.2, 0) is 20.8 Å². The van der Waals surface area contributed by atoms with Crippen LogP contribution in [0.5, 0.6) is 0 Å². The average molecular weight is 847 g/mol. The summed E-state index contributed by atoms with van der Waals surface area (Å²) in [5.41, 5.74) is 7.12. The molecule has 0 amide bonds. The van der Waals surface area contributed by atoms with Gasteiger partial charge in [-0.3, -0.25) is 10.1 Å². The van der Waals surface area contributed by atoms with E-state index in [1.165, 1.54) is 154 Å². The number of imidazole rings is 1. The molecule has 1 aliphatic heterocycles. The Kier molecular flexibility index (Phi) is 35.3. The molecule has 352 valence electrons. The van der Waals surface area contributed by atoms with Gasteiger partial charge in [-0.1, -0.05) is 175 Å². The Bertz CT molecular complexity index is 1090. The topological polar surface area (TPSA) is 127 Å². The lowest BCUT2D eigenvalue weighted by Crippen LogP contribution is -2.38. The van der Waals surface area contributed by atoms with Gasteiger partial charge in [-0.05, 0) is 77.4 Å². The molecule has 2 atom stereocenters. The maximum Gasteiger partial charge on any atom is 0.305 e. The first-order valence-electron chi connectivity index (χ1n) is 26.0. The molecule has 0 aliphatic carbocycles. The third kappa shape index (κ3) is 28.8. The summed E-state index contributed by atoms with van der Waals surface area (Å²) >= 11 is 0. The molecule has 10 heteroatoms. The van der Waals surface area contributed by atoms with Crippen molar-refractivity contribution >= 4 is 11.8 Å². The number of aliphatic hydroxyl groups excluding tert-OH is 1. The van der Waals surface area contributed by atoms with Crippen LogP contribution in [0.15, 0.2) is 6.33 Å². The summed E-state index contributed by atoms with van der Waals surface area (Å²) in [7, 11) is 0. The first kappa shape index (κ1) is 54.4. The fourth-order valence-electron chi connectivity index (χ4n) is 8.64. The summed E-state index contributed by atoms with van der Waals surface area (Å²) < 4.78 is 14.0. The number of hydrogen-bond donors (Lipinski definition) is 4. The molecule has 0 aromatic carbocycles. The van der Waals surface area contributed by atoms with Crippen molar-refractivity contribution in [3.05, 3.63) is 12.0 Å². The number of aryl methyl sites for hydroxylation is 1. The van der Waals surface area contributed by atoms with Crippen molar-refractivity contribution in [2.45, 2.75) is 264 Å². The highest BCUT2D eigenvalue weighted by Gasteiger charge is 2.21. The predicted octanol–water partition coefficient (Wildman–Crippen LogP) is 12.7. The highest BCUT2D eigenvalue weighted by atomic mass is 16.6. The van der Waals surface area contributed by atoms with Crippen LogP contribution in [0.3, 0.4) is 0 Å². The van der Waals surface area contributed by atoms with E-state index in [1.807, 2.05) is 6.33 Å². The van der Waals surface area contributed by atoms with Gasteiger partial charge in [0.2, 0.25) is 0 Å². The highest BCUT2D eigenvalue weighted by Crippen LogP contribution is 2.23. The van der Waals surface area contributed by atoms with Gasteiger partial charge in [0, 0.05) is 13.0 Å². The molecule has 0 saturated heterocycles. The van der Waals surface area contributed by atoms with Crippen LogP contribution in [0.2, 0.25) is 0 Å². The van der Waals surface area contributed by atoms with Gasteiger partial charge in [-0.2, -0.15) is 0 Å². The van der Waals surface area contributed by atoms with Crippen molar-refractivity contribution in [2.75, 3.05) is 38.2 Å². The van der Waals surface area contributed by atoms with E-state index in [0.29, 0.717) is 19.7 Å². The summed E-state index contributed by atoms with van der Waals surface area (Å²) in [5, 5.41) is 17.5. The van der Waals surface area contributed by atoms with Gasteiger partial charge in [-0.25, -0.2) is 4.98 Å². The standard InChI is InChI=1S/C50H98N6O4/c1-4-7-10-13-16-25-32-42-59-46(57)36-28-21-17-23-30-38-55(40-33-41-56-44-54-48-49(51)52-43-53-50(48)56)39-31-24-18-22-29-37-47(58)60-45(34-26-19-14-11-8-5-2)35-27-20-15-12-9-6-3/h44-45,47,49,52-53,58H,4-43,51H2,1-3H3. The number of hydrogen-bond acceptors (Lipinski definition) is 9. The van der Waals surface area contributed by atoms with Crippen molar-refractivity contribution in [1.29, 1.82) is 0 Å². The van der Waals surface area contributed by atoms with E-state index >= 15 is 0 Å². The summed E-state index contributed by atoms with van der Waals surface area (Å²) in [6.07, 6.45) is 41.7. The van der Waals surface area contributed by atoms with Crippen molar-refractivity contribution in [3.8, 4) is 0 Å². The fraction of sp³-hybridized carbons (Fsp3) is 0.920. The van der Waals surface area contributed by atoms with Crippen molar-refractivity contribution in [1.82, 2.24) is 19.8 Å². The molecule has 1 aliphatic rings. The second-order valence-corrected chi connectivity index (χ2v) is 18.1. The molecule has 1 aromatic rings. The first-order chi connectivity index (χ1) is 29.5. The van der Waals surface area contributed by atoms with Crippen molar-refractivity contribution in [3.63, 3.8) is 0 Å². The van der Waals surface area contributed by atoms with E-state index < -0.39 is 6.29 Å². The Hall–Kier alpha value is -1.72. The molecule has 60 heavy (non-hydrogen) atoms. The molecular weight excluding hydrogens is 749 g/mol. The summed E-state index contributed by atoms with van der Waals surface area (Å²) in [6, 6.07) is 0. The Balaban J connectivity index is 1.66. The SMILES string of the molecule is CCCCCCCCCOC(=O)CCCCCCCN(CCCCCCCC(O)OC(CCCCCCCC)CCCCCCCC)CCCn1cnc2c1NCNC2N. The monoisotopic (exact) mass is 847 g/mol. The van der Waals surface area contributed by atoms with Gasteiger partial charge in [0.1, 0.15) is 17.7 Å². The largest absolute Gasteiger partial charge is 0.466 e. The van der Waals surface area contributed by atoms with Gasteiger partial charge in [0.15, 0.2) is 6.29 Å². The molecule has 10 nitrogen and oxygen atoms in total. The number of carbonyl (C=O) groups excluding carboxylic acids is 1. The second-order valence-electron chi connectivity index (χ2n) is 18.1. The molecule has 2 heterocycles. The number of nitrogens with zero attached hydrogens (tertiary/aromatic N) is 3. The molecule has 1 aromatic heterocycles. The van der Waals surface area contributed by atoms with E-state index in [-0.39, 0.29) is 18.2 Å². The van der Waals surface area contributed by atoms with Crippen LogP contribution in [0, 0.1) is 0 Å². The average Bonchev–Trinajstić information content (AvgIpc) is 3.67. The molecule has 0 saturated carbocycles. The third-order valence-corrected chi connectivity index (χ3v) is 12.5. The Morgan fingerprint density at radius 3 is 1.77 bits per heavy atom. The quantitative estimate of drug-likeness (QED) is 0.0288. The molecule has 2 unspecified atom stereocenters. The number of anilines is 1. The second kappa shape index (κ2) is 38.9. The minimum atomic E-state index is -0.623. The number of aromatic nitrogens is 2. The Morgan fingerprint density at radius 2 is 1.18 bits per heavy atom. The van der Waals surface area contributed by atoms with Crippen LogP contribution in [0.1, 0.15) is 251 Å². The molecule has 0 radical (unpaired) electrons. The van der Waals surface area contributed by atoms with Crippen LogP contribution >= 0.6 is 0 Å². The number of aliphatic hydroxyl groups is 1. The minimum Gasteiger partial charge on any atom is -0.466 e. The van der Waals surface area contributed by atoms with Gasteiger partial charge >= 0.3 is 5.97 Å². The molecular formula is C50H98N6O4. The van der Waals surface area contributed by atoms with Crippen LogP contribution < -0.4 is 16.4 Å². The lowest BCUT2D eigenvalue weighted by atomic mass is 10.0. The fourth-order valence-corrected chi connectivity index (χ4v) is 8.64. The van der Waals surface area contributed by atoms with Gasteiger partial charge in [-0.15, -0.1) is 0 Å². The molecule has 0 bridgehead atoms. The lowest BCUT2D eigenvalue weighted by molar-refractivity contribution is -0.144. The van der Waals surface area contributed by atoms with Crippen LogP contribution in [0.4, 0.5) is 5.82 Å². The number of fused-ring (bicyclic) bond motifs is 1. The molecule has 2 rings (SSSR count). The Morgan fingerprint density at radius 1 is 0.700 bits per heavy atom. The maximum atomic E-state index is 12.2. The smallest absolute Gasteiger partial charge is 0.305 e. The minimum absolute atomic E-state index is 0.0180. The Labute approximate surface area is 370 Å². The van der Waals surface area contributed by atoms with E-state index in [2.05, 4.69) is 45.9 Å². The van der Waals surface area contributed by atoms with Gasteiger partial charge in [0.25, 0.3) is 0 Å². The summed E-state index contributed by atoms with van der Waals surface area (Å²) in [6.45, 7) is 12.3. The maximum absolute atomic E-state index is 12.2. The van der Waals surface area contributed by atoms with E-state index in [4.69, 9.17) is 15.2 Å². The zero-order valence-corrected chi connectivity index (χ0v) is 39.7. The van der Waals surface area contributed by atoms with Gasteiger partial charge < -0.3 is 35.1 Å². The molecule has 0 spiro atoms. The van der Waals surface area contributed by atoms with E-state index in [1.54, 1.807) is 0 Å². The van der Waals surface area contributed by atoms with Crippen LogP contribution in [0.25, 0.3) is 0 Å². The van der Waals surface area contributed by atoms with Crippen molar-refractivity contribution < 1.29 is 19.4 Å². The van der Waals surface area contributed by atoms with Gasteiger partial charge in [0.05, 0.1) is 25.7 Å². The number of esters is 1. The number of carbonyl (C=O) groups is 1. The number of nitrogens with one attached hydrogen (secondary N) is 2. The number of nitrogens with two attached hydrogens (primary N) is 1.